The first-order valence-corrected chi connectivity index (χ1v) is 7.62. The molecule has 0 radical (unpaired) electrons. The van der Waals surface area contributed by atoms with Crippen LogP contribution in [0.4, 0.5) is 5.69 Å². The maximum absolute atomic E-state index is 12.8. The summed E-state index contributed by atoms with van der Waals surface area (Å²) in [7, 11) is 0. The lowest BCUT2D eigenvalue weighted by atomic mass is 9.97. The van der Waals surface area contributed by atoms with Crippen LogP contribution in [0.1, 0.15) is 37.8 Å². The number of carbonyl (C=O) groups excluding carboxylic acids is 2. The van der Waals surface area contributed by atoms with Crippen molar-refractivity contribution in [1.82, 2.24) is 5.32 Å². The summed E-state index contributed by atoms with van der Waals surface area (Å²) in [5.41, 5.74) is 3.15. The molecule has 1 aromatic rings. The number of nitrogens with zero attached hydrogens (tertiary/aromatic N) is 1. The van der Waals surface area contributed by atoms with Gasteiger partial charge in [-0.3, -0.25) is 9.59 Å². The molecule has 4 nitrogen and oxygen atoms in total. The van der Waals surface area contributed by atoms with Crippen molar-refractivity contribution in [1.29, 1.82) is 0 Å². The Kier molecular flexibility index (Phi) is 4.66. The van der Waals surface area contributed by atoms with Crippen molar-refractivity contribution in [3.63, 3.8) is 0 Å². The average molecular weight is 288 g/mol. The van der Waals surface area contributed by atoms with Crippen molar-refractivity contribution in [2.24, 2.45) is 5.92 Å². The van der Waals surface area contributed by atoms with E-state index >= 15 is 0 Å². The molecule has 2 atom stereocenters. The zero-order valence-electron chi connectivity index (χ0n) is 13.3. The van der Waals surface area contributed by atoms with Crippen LogP contribution in [0.25, 0.3) is 0 Å². The fourth-order valence-corrected chi connectivity index (χ4v) is 2.77. The fraction of sp³-hybridized carbons (Fsp3) is 0.529. The SMILES string of the molecule is CCC(C)C1NC(=O)CCN(c2ccc(C)cc2C)C1=O. The minimum absolute atomic E-state index is 0.00199. The molecule has 2 rings (SSSR count). The molecule has 4 heteroatoms. The monoisotopic (exact) mass is 288 g/mol. The number of anilines is 1. The van der Waals surface area contributed by atoms with E-state index in [9.17, 15) is 9.59 Å². The molecule has 1 heterocycles. The van der Waals surface area contributed by atoms with Crippen LogP contribution in [0.3, 0.4) is 0 Å². The van der Waals surface area contributed by atoms with Gasteiger partial charge in [0.25, 0.3) is 0 Å². The second-order valence-electron chi connectivity index (χ2n) is 5.96. The molecule has 114 valence electrons. The standard InChI is InChI=1S/C17H24N2O2/c1-5-12(3)16-17(21)19(9-8-15(20)18-16)14-7-6-11(2)10-13(14)4/h6-7,10,12,16H,5,8-9H2,1-4H3,(H,18,20). The highest BCUT2D eigenvalue weighted by molar-refractivity contribution is 6.01. The second kappa shape index (κ2) is 6.29. The number of amides is 2. The zero-order chi connectivity index (χ0) is 15.6. The van der Waals surface area contributed by atoms with E-state index in [4.69, 9.17) is 0 Å². The first-order valence-electron chi connectivity index (χ1n) is 7.62. The third-order valence-electron chi connectivity index (χ3n) is 4.27. The largest absolute Gasteiger partial charge is 0.344 e. The van der Waals surface area contributed by atoms with E-state index in [1.54, 1.807) is 4.90 Å². The van der Waals surface area contributed by atoms with Crippen LogP contribution in [-0.4, -0.2) is 24.4 Å². The molecule has 2 amide bonds. The van der Waals surface area contributed by atoms with Gasteiger partial charge in [0.1, 0.15) is 6.04 Å². The Balaban J connectivity index is 2.37. The summed E-state index contributed by atoms with van der Waals surface area (Å²) < 4.78 is 0. The Bertz CT molecular complexity index is 554. The number of aryl methyl sites for hydroxylation is 2. The molecule has 1 aromatic carbocycles. The molecule has 1 aliphatic rings. The molecule has 0 bridgehead atoms. The van der Waals surface area contributed by atoms with Gasteiger partial charge >= 0.3 is 0 Å². The zero-order valence-corrected chi connectivity index (χ0v) is 13.3. The van der Waals surface area contributed by atoms with E-state index in [0.29, 0.717) is 13.0 Å². The molecular weight excluding hydrogens is 264 g/mol. The van der Waals surface area contributed by atoms with Gasteiger partial charge in [-0.05, 0) is 31.4 Å². The van der Waals surface area contributed by atoms with Crippen molar-refractivity contribution in [3.8, 4) is 0 Å². The normalized spacial score (nSPS) is 21.0. The van der Waals surface area contributed by atoms with E-state index in [1.165, 1.54) is 5.56 Å². The van der Waals surface area contributed by atoms with E-state index in [-0.39, 0.29) is 17.7 Å². The van der Waals surface area contributed by atoms with Crippen molar-refractivity contribution in [2.75, 3.05) is 11.4 Å². The van der Waals surface area contributed by atoms with Gasteiger partial charge in [-0.15, -0.1) is 0 Å². The minimum atomic E-state index is -0.425. The maximum atomic E-state index is 12.8. The molecule has 1 fully saturated rings. The number of nitrogens with one attached hydrogen (secondary N) is 1. The number of benzene rings is 1. The molecule has 1 N–H and O–H groups in total. The summed E-state index contributed by atoms with van der Waals surface area (Å²) in [5, 5.41) is 2.88. The van der Waals surface area contributed by atoms with Gasteiger partial charge in [-0.1, -0.05) is 38.0 Å². The van der Waals surface area contributed by atoms with Gasteiger partial charge < -0.3 is 10.2 Å². The van der Waals surface area contributed by atoms with E-state index in [0.717, 1.165) is 17.7 Å². The number of rotatable bonds is 3. The Morgan fingerprint density at radius 3 is 2.67 bits per heavy atom. The van der Waals surface area contributed by atoms with Gasteiger partial charge in [0, 0.05) is 18.7 Å². The highest BCUT2D eigenvalue weighted by atomic mass is 16.2. The highest BCUT2D eigenvalue weighted by Gasteiger charge is 2.34. The first-order chi connectivity index (χ1) is 9.93. The van der Waals surface area contributed by atoms with Crippen LogP contribution in [0.15, 0.2) is 18.2 Å². The number of hydrogen-bond donors (Lipinski definition) is 1. The van der Waals surface area contributed by atoms with Gasteiger partial charge in [0.15, 0.2) is 0 Å². The summed E-state index contributed by atoms with van der Waals surface area (Å²) in [6.07, 6.45) is 1.21. The fourth-order valence-electron chi connectivity index (χ4n) is 2.77. The Morgan fingerprint density at radius 1 is 1.33 bits per heavy atom. The molecule has 0 saturated carbocycles. The summed E-state index contributed by atoms with van der Waals surface area (Å²) in [4.78, 5) is 26.5. The maximum Gasteiger partial charge on any atom is 0.249 e. The van der Waals surface area contributed by atoms with Crippen molar-refractivity contribution >= 4 is 17.5 Å². The summed E-state index contributed by atoms with van der Waals surface area (Å²) >= 11 is 0. The number of hydrogen-bond acceptors (Lipinski definition) is 2. The third-order valence-corrected chi connectivity index (χ3v) is 4.27. The van der Waals surface area contributed by atoms with Crippen molar-refractivity contribution < 1.29 is 9.59 Å². The van der Waals surface area contributed by atoms with Crippen LogP contribution in [0.2, 0.25) is 0 Å². The molecule has 1 saturated heterocycles. The first kappa shape index (κ1) is 15.5. The summed E-state index contributed by atoms with van der Waals surface area (Å²) in [6.45, 7) is 8.54. The summed E-state index contributed by atoms with van der Waals surface area (Å²) in [5.74, 6) is 0.0934. The molecule has 21 heavy (non-hydrogen) atoms. The average Bonchev–Trinajstić information content (AvgIpc) is 2.59. The van der Waals surface area contributed by atoms with Crippen LogP contribution < -0.4 is 10.2 Å². The Morgan fingerprint density at radius 2 is 2.05 bits per heavy atom. The van der Waals surface area contributed by atoms with E-state index in [1.807, 2.05) is 39.8 Å². The minimum Gasteiger partial charge on any atom is -0.344 e. The van der Waals surface area contributed by atoms with Gasteiger partial charge in [0.2, 0.25) is 11.8 Å². The lowest BCUT2D eigenvalue weighted by Crippen LogP contribution is -2.48. The predicted molar refractivity (Wildman–Crippen MR) is 84.3 cm³/mol. The van der Waals surface area contributed by atoms with Crippen LogP contribution in [-0.2, 0) is 9.59 Å². The van der Waals surface area contributed by atoms with Crippen LogP contribution in [0, 0.1) is 19.8 Å². The van der Waals surface area contributed by atoms with E-state index in [2.05, 4.69) is 11.4 Å². The molecule has 0 aromatic heterocycles. The molecular formula is C17H24N2O2. The van der Waals surface area contributed by atoms with Crippen molar-refractivity contribution in [2.45, 2.75) is 46.6 Å². The van der Waals surface area contributed by atoms with E-state index < -0.39 is 6.04 Å². The topological polar surface area (TPSA) is 49.4 Å². The second-order valence-corrected chi connectivity index (χ2v) is 5.96. The Labute approximate surface area is 126 Å². The predicted octanol–water partition coefficient (Wildman–Crippen LogP) is 2.57. The van der Waals surface area contributed by atoms with Crippen LogP contribution >= 0.6 is 0 Å². The quantitative estimate of drug-likeness (QED) is 0.929. The Hall–Kier alpha value is -1.84. The van der Waals surface area contributed by atoms with Crippen LogP contribution in [0.5, 0.6) is 0 Å². The molecule has 0 aliphatic carbocycles. The third kappa shape index (κ3) is 3.26. The van der Waals surface area contributed by atoms with Crippen molar-refractivity contribution in [3.05, 3.63) is 29.3 Å². The van der Waals surface area contributed by atoms with Gasteiger partial charge in [-0.2, -0.15) is 0 Å². The summed E-state index contributed by atoms with van der Waals surface area (Å²) in [6, 6.07) is 5.63. The molecule has 1 aliphatic heterocycles. The van der Waals surface area contributed by atoms with Gasteiger partial charge in [-0.25, -0.2) is 0 Å². The molecule has 0 spiro atoms. The lowest BCUT2D eigenvalue weighted by molar-refractivity contribution is -0.126. The smallest absolute Gasteiger partial charge is 0.249 e. The molecule has 2 unspecified atom stereocenters. The lowest BCUT2D eigenvalue weighted by Gasteiger charge is -2.28. The van der Waals surface area contributed by atoms with Gasteiger partial charge in [0.05, 0.1) is 0 Å². The number of carbonyl (C=O) groups is 2. The highest BCUT2D eigenvalue weighted by Crippen LogP contribution is 2.25.